The van der Waals surface area contributed by atoms with E-state index in [4.69, 9.17) is 0 Å². The van der Waals surface area contributed by atoms with Gasteiger partial charge in [0, 0.05) is 13.6 Å². The molecule has 2 N–H and O–H groups in total. The number of halogens is 1. The van der Waals surface area contributed by atoms with Gasteiger partial charge in [0.2, 0.25) is 0 Å². The lowest BCUT2D eigenvalue weighted by Crippen LogP contribution is -2.29. The van der Waals surface area contributed by atoms with Crippen LogP contribution in [0.3, 0.4) is 0 Å². The summed E-state index contributed by atoms with van der Waals surface area (Å²) in [6.07, 6.45) is 2.33. The topological polar surface area (TPSA) is 84.3 Å². The van der Waals surface area contributed by atoms with Crippen molar-refractivity contribution in [2.45, 2.75) is 19.8 Å². The molecule has 1 amide bonds. The van der Waals surface area contributed by atoms with Gasteiger partial charge in [-0.3, -0.25) is 14.9 Å². The Bertz CT molecular complexity index is 573. The van der Waals surface area contributed by atoms with Crippen LogP contribution in [0, 0.1) is 27.8 Å². The first-order valence-electron chi connectivity index (χ1n) is 6.88. The molecule has 1 saturated carbocycles. The lowest BCUT2D eigenvalue weighted by molar-refractivity contribution is -0.385. The first-order chi connectivity index (χ1) is 9.93. The summed E-state index contributed by atoms with van der Waals surface area (Å²) in [5, 5.41) is 16.2. The molecule has 0 bridgehead atoms. The first-order valence-corrected chi connectivity index (χ1v) is 6.88. The number of nitrogens with one attached hydrogen (secondary N) is 2. The number of amides is 1. The second-order valence-electron chi connectivity index (χ2n) is 5.38. The third kappa shape index (κ3) is 3.48. The van der Waals surface area contributed by atoms with Crippen LogP contribution in [0.5, 0.6) is 0 Å². The molecule has 0 aromatic heterocycles. The van der Waals surface area contributed by atoms with Crippen LogP contribution >= 0.6 is 0 Å². The van der Waals surface area contributed by atoms with E-state index >= 15 is 0 Å². The average Bonchev–Trinajstić information content (AvgIpc) is 3.28. The maximum absolute atomic E-state index is 13.6. The highest BCUT2D eigenvalue weighted by molar-refractivity contribution is 5.99. The molecule has 1 aromatic carbocycles. The Balaban J connectivity index is 2.19. The van der Waals surface area contributed by atoms with Crippen LogP contribution < -0.4 is 10.6 Å². The van der Waals surface area contributed by atoms with E-state index in [0.29, 0.717) is 18.4 Å². The van der Waals surface area contributed by atoms with Gasteiger partial charge < -0.3 is 10.6 Å². The summed E-state index contributed by atoms with van der Waals surface area (Å²) in [4.78, 5) is 22.4. The predicted octanol–water partition coefficient (Wildman–Crippen LogP) is 2.55. The highest BCUT2D eigenvalue weighted by Gasteiger charge is 2.29. The van der Waals surface area contributed by atoms with Crippen LogP contribution in [0.2, 0.25) is 0 Å². The smallest absolute Gasteiger partial charge is 0.285 e. The van der Waals surface area contributed by atoms with E-state index < -0.39 is 22.3 Å². The minimum Gasteiger partial charge on any atom is -0.386 e. The number of carbonyl (C=O) groups excluding carboxylic acids is 1. The van der Waals surface area contributed by atoms with E-state index in [1.165, 1.54) is 13.1 Å². The van der Waals surface area contributed by atoms with Crippen molar-refractivity contribution in [2.24, 2.45) is 11.8 Å². The van der Waals surface area contributed by atoms with Crippen LogP contribution in [-0.4, -0.2) is 24.4 Å². The maximum atomic E-state index is 13.6. The summed E-state index contributed by atoms with van der Waals surface area (Å²) < 4.78 is 13.6. The van der Waals surface area contributed by atoms with Gasteiger partial charge in [0.25, 0.3) is 11.6 Å². The van der Waals surface area contributed by atoms with E-state index in [-0.39, 0.29) is 11.3 Å². The van der Waals surface area contributed by atoms with Gasteiger partial charge in [-0.1, -0.05) is 6.92 Å². The number of nitro groups is 1. The molecule has 1 aliphatic rings. The van der Waals surface area contributed by atoms with Crippen molar-refractivity contribution in [1.82, 2.24) is 5.32 Å². The van der Waals surface area contributed by atoms with Crippen molar-refractivity contribution in [3.05, 3.63) is 33.6 Å². The van der Waals surface area contributed by atoms with Gasteiger partial charge in [0.15, 0.2) is 5.82 Å². The standard InChI is InChI=1S/C14H18FN3O3/c1-8(9-3-4-9)7-17-14(19)10-5-12(16-2)11(15)6-13(10)18(20)21/h5-6,8-9,16H,3-4,7H2,1-2H3,(H,17,19). The number of hydrogen-bond acceptors (Lipinski definition) is 4. The Morgan fingerprint density at radius 2 is 2.19 bits per heavy atom. The Kier molecular flexibility index (Phi) is 4.40. The Labute approximate surface area is 121 Å². The van der Waals surface area contributed by atoms with Crippen molar-refractivity contribution in [3.8, 4) is 0 Å². The fraction of sp³-hybridized carbons (Fsp3) is 0.500. The largest absolute Gasteiger partial charge is 0.386 e. The van der Waals surface area contributed by atoms with Gasteiger partial charge in [-0.15, -0.1) is 0 Å². The number of hydrogen-bond donors (Lipinski definition) is 2. The van der Waals surface area contributed by atoms with Gasteiger partial charge >= 0.3 is 0 Å². The highest BCUT2D eigenvalue weighted by Crippen LogP contribution is 2.36. The molecule has 2 rings (SSSR count). The molecule has 1 aromatic rings. The molecule has 6 nitrogen and oxygen atoms in total. The second-order valence-corrected chi connectivity index (χ2v) is 5.38. The average molecular weight is 295 g/mol. The highest BCUT2D eigenvalue weighted by atomic mass is 19.1. The number of nitrogens with zero attached hydrogens (tertiary/aromatic N) is 1. The van der Waals surface area contributed by atoms with Gasteiger partial charge in [-0.05, 0) is 30.7 Å². The number of anilines is 1. The summed E-state index contributed by atoms with van der Waals surface area (Å²) >= 11 is 0. The van der Waals surface area contributed by atoms with Crippen molar-refractivity contribution in [2.75, 3.05) is 18.9 Å². The summed E-state index contributed by atoms with van der Waals surface area (Å²) in [5.41, 5.74) is -0.599. The second kappa shape index (κ2) is 6.07. The lowest BCUT2D eigenvalue weighted by atomic mass is 10.1. The fourth-order valence-electron chi connectivity index (χ4n) is 2.27. The van der Waals surface area contributed by atoms with Crippen LogP contribution in [0.25, 0.3) is 0 Å². The monoisotopic (exact) mass is 295 g/mol. The van der Waals surface area contributed by atoms with E-state index in [0.717, 1.165) is 18.9 Å². The summed E-state index contributed by atoms with van der Waals surface area (Å²) in [6.45, 7) is 2.50. The van der Waals surface area contributed by atoms with Crippen molar-refractivity contribution >= 4 is 17.3 Å². The van der Waals surface area contributed by atoms with E-state index in [1.54, 1.807) is 0 Å². The zero-order valence-corrected chi connectivity index (χ0v) is 12.0. The third-order valence-corrected chi connectivity index (χ3v) is 3.81. The van der Waals surface area contributed by atoms with Crippen LogP contribution in [-0.2, 0) is 0 Å². The molecule has 7 heteroatoms. The van der Waals surface area contributed by atoms with Crippen LogP contribution in [0.15, 0.2) is 12.1 Å². The Hall–Kier alpha value is -2.18. The number of benzene rings is 1. The minimum absolute atomic E-state index is 0.0565. The fourth-order valence-corrected chi connectivity index (χ4v) is 2.27. The normalized spacial score (nSPS) is 15.4. The molecule has 1 atom stereocenters. The molecule has 114 valence electrons. The SMILES string of the molecule is CNc1cc(C(=O)NCC(C)C2CC2)c([N+](=O)[O-])cc1F. The maximum Gasteiger partial charge on any atom is 0.285 e. The molecule has 0 spiro atoms. The quantitative estimate of drug-likeness (QED) is 0.624. The molecule has 1 unspecified atom stereocenters. The number of rotatable bonds is 6. The van der Waals surface area contributed by atoms with Gasteiger partial charge in [-0.25, -0.2) is 4.39 Å². The summed E-state index contributed by atoms with van der Waals surface area (Å²) in [7, 11) is 1.49. The predicted molar refractivity (Wildman–Crippen MR) is 76.8 cm³/mol. The van der Waals surface area contributed by atoms with E-state index in [1.807, 2.05) is 6.92 Å². The minimum atomic E-state index is -0.757. The lowest BCUT2D eigenvalue weighted by Gasteiger charge is -2.12. The molecule has 1 fully saturated rings. The molecule has 0 heterocycles. The van der Waals surface area contributed by atoms with Gasteiger partial charge in [0.05, 0.1) is 16.7 Å². The van der Waals surface area contributed by atoms with Crippen LogP contribution in [0.1, 0.15) is 30.1 Å². The molecule has 0 saturated heterocycles. The number of nitro benzene ring substituents is 1. The summed E-state index contributed by atoms with van der Waals surface area (Å²) in [5.74, 6) is -0.337. The summed E-state index contributed by atoms with van der Waals surface area (Å²) in [6, 6.07) is 1.94. The Morgan fingerprint density at radius 1 is 1.52 bits per heavy atom. The van der Waals surface area contributed by atoms with Gasteiger partial charge in [0.1, 0.15) is 5.56 Å². The number of carbonyl (C=O) groups is 1. The first kappa shape index (κ1) is 15.2. The van der Waals surface area contributed by atoms with E-state index in [2.05, 4.69) is 10.6 Å². The van der Waals surface area contributed by atoms with Gasteiger partial charge in [-0.2, -0.15) is 0 Å². The zero-order valence-electron chi connectivity index (χ0n) is 12.0. The molecule has 0 aliphatic heterocycles. The van der Waals surface area contributed by atoms with Crippen molar-refractivity contribution in [1.29, 1.82) is 0 Å². The molecular weight excluding hydrogens is 277 g/mol. The van der Waals surface area contributed by atoms with E-state index in [9.17, 15) is 19.3 Å². The molecule has 0 radical (unpaired) electrons. The molecule has 1 aliphatic carbocycles. The zero-order chi connectivity index (χ0) is 15.6. The Morgan fingerprint density at radius 3 is 2.71 bits per heavy atom. The van der Waals surface area contributed by atoms with Crippen molar-refractivity contribution < 1.29 is 14.1 Å². The third-order valence-electron chi connectivity index (χ3n) is 3.81. The van der Waals surface area contributed by atoms with Crippen molar-refractivity contribution in [3.63, 3.8) is 0 Å². The molecular formula is C14H18FN3O3. The molecule has 21 heavy (non-hydrogen) atoms. The van der Waals surface area contributed by atoms with Crippen LogP contribution in [0.4, 0.5) is 15.8 Å².